The summed E-state index contributed by atoms with van der Waals surface area (Å²) >= 11 is 0. The number of pyridine rings is 1. The summed E-state index contributed by atoms with van der Waals surface area (Å²) in [5.41, 5.74) is 1.25. The first-order chi connectivity index (χ1) is 15.0. The number of benzene rings is 1. The molecule has 4 rings (SSSR count). The van der Waals surface area contributed by atoms with E-state index in [-0.39, 0.29) is 4.90 Å². The van der Waals surface area contributed by atoms with Crippen LogP contribution in [0.4, 0.5) is 5.69 Å². The number of hydrogen-bond donors (Lipinski definition) is 1. The summed E-state index contributed by atoms with van der Waals surface area (Å²) in [5, 5.41) is 10.6. The Morgan fingerprint density at radius 3 is 2.03 bits per heavy atom. The van der Waals surface area contributed by atoms with Crippen molar-refractivity contribution in [2.45, 2.75) is 11.0 Å². The molecule has 0 bridgehead atoms. The highest BCUT2D eigenvalue weighted by atomic mass is 32.2. The molecule has 1 aromatic heterocycles. The Morgan fingerprint density at radius 2 is 1.45 bits per heavy atom. The highest BCUT2D eigenvalue weighted by Crippen LogP contribution is 2.18. The molecule has 1 atom stereocenters. The molecule has 2 aromatic rings. The lowest BCUT2D eigenvalue weighted by Gasteiger charge is -2.38. The quantitative estimate of drug-likeness (QED) is 0.667. The van der Waals surface area contributed by atoms with Crippen molar-refractivity contribution in [2.75, 3.05) is 70.3 Å². The Balaban J connectivity index is 1.20. The molecule has 0 amide bonds. The smallest absolute Gasteiger partial charge is 0.244 e. The van der Waals surface area contributed by atoms with Gasteiger partial charge < -0.3 is 10.0 Å². The number of aliphatic hydroxyl groups excluding tert-OH is 1. The first-order valence-electron chi connectivity index (χ1n) is 10.9. The number of aliphatic hydroxyl groups is 1. The third-order valence-electron chi connectivity index (χ3n) is 6.03. The molecule has 2 saturated heterocycles. The second kappa shape index (κ2) is 10.1. The van der Waals surface area contributed by atoms with Gasteiger partial charge in [0.1, 0.15) is 4.90 Å². The Bertz CT molecular complexity index is 913. The van der Waals surface area contributed by atoms with Crippen LogP contribution < -0.4 is 4.90 Å². The minimum Gasteiger partial charge on any atom is -0.390 e. The Kier molecular flexibility index (Phi) is 7.19. The Morgan fingerprint density at radius 1 is 0.839 bits per heavy atom. The van der Waals surface area contributed by atoms with Crippen molar-refractivity contribution < 1.29 is 13.5 Å². The molecule has 1 unspecified atom stereocenters. The van der Waals surface area contributed by atoms with Crippen LogP contribution in [0.1, 0.15) is 0 Å². The molecule has 2 fully saturated rings. The van der Waals surface area contributed by atoms with E-state index in [4.69, 9.17) is 0 Å². The number of sulfonamides is 1. The van der Waals surface area contributed by atoms with Crippen molar-refractivity contribution in [1.82, 2.24) is 19.1 Å². The summed E-state index contributed by atoms with van der Waals surface area (Å²) in [7, 11) is -3.50. The topological polar surface area (TPSA) is 80.2 Å². The molecule has 9 heteroatoms. The zero-order chi connectivity index (χ0) is 21.7. The third kappa shape index (κ3) is 5.61. The van der Waals surface area contributed by atoms with Gasteiger partial charge in [-0.1, -0.05) is 18.2 Å². The predicted octanol–water partition coefficient (Wildman–Crippen LogP) is 0.571. The minimum atomic E-state index is -3.50. The highest BCUT2D eigenvalue weighted by Gasteiger charge is 2.29. The number of piperazine rings is 2. The van der Waals surface area contributed by atoms with Crippen LogP contribution in [0.5, 0.6) is 0 Å². The second-order valence-corrected chi connectivity index (χ2v) is 10.1. The summed E-state index contributed by atoms with van der Waals surface area (Å²) in [6.45, 7) is 7.11. The molecule has 1 aromatic carbocycles. The van der Waals surface area contributed by atoms with Crippen molar-refractivity contribution in [1.29, 1.82) is 0 Å². The second-order valence-electron chi connectivity index (χ2n) is 8.17. The number of β-amino-alcohol motifs (C(OH)–C–C–N with tert-alkyl or cyclic N) is 1. The third-order valence-corrected chi connectivity index (χ3v) is 7.92. The van der Waals surface area contributed by atoms with Gasteiger partial charge in [0.15, 0.2) is 0 Å². The molecule has 8 nitrogen and oxygen atoms in total. The molecule has 2 aliphatic rings. The van der Waals surface area contributed by atoms with Crippen LogP contribution in [0.2, 0.25) is 0 Å². The fourth-order valence-corrected chi connectivity index (χ4v) is 5.67. The SMILES string of the molecule is O=S(=O)(c1cccnc1)N1CCN(CC(O)CN2CCN(c3ccccc3)CC2)CC1. The van der Waals surface area contributed by atoms with E-state index in [0.29, 0.717) is 39.3 Å². The molecular weight excluding hydrogens is 414 g/mol. The molecule has 0 aliphatic carbocycles. The van der Waals surface area contributed by atoms with Gasteiger partial charge in [-0.2, -0.15) is 4.31 Å². The molecule has 31 heavy (non-hydrogen) atoms. The average Bonchev–Trinajstić information content (AvgIpc) is 2.81. The lowest BCUT2D eigenvalue weighted by Crippen LogP contribution is -2.53. The molecule has 0 saturated carbocycles. The summed E-state index contributed by atoms with van der Waals surface area (Å²) in [5.74, 6) is 0. The average molecular weight is 446 g/mol. The predicted molar refractivity (Wildman–Crippen MR) is 121 cm³/mol. The van der Waals surface area contributed by atoms with Crippen molar-refractivity contribution in [3.05, 3.63) is 54.9 Å². The van der Waals surface area contributed by atoms with E-state index < -0.39 is 16.1 Å². The monoisotopic (exact) mass is 445 g/mol. The van der Waals surface area contributed by atoms with Crippen LogP contribution in [-0.4, -0.2) is 104 Å². The van der Waals surface area contributed by atoms with Crippen LogP contribution in [-0.2, 0) is 10.0 Å². The standard InChI is InChI=1S/C22H31N5O3S/c28-21(18-24-9-13-26(14-10-24)20-5-2-1-3-6-20)19-25-11-15-27(16-12-25)31(29,30)22-7-4-8-23-17-22/h1-8,17,21,28H,9-16,18-19H2. The molecule has 1 N–H and O–H groups in total. The largest absolute Gasteiger partial charge is 0.390 e. The highest BCUT2D eigenvalue weighted by molar-refractivity contribution is 7.89. The number of anilines is 1. The van der Waals surface area contributed by atoms with Gasteiger partial charge in [-0.15, -0.1) is 0 Å². The van der Waals surface area contributed by atoms with E-state index in [1.54, 1.807) is 18.3 Å². The molecular formula is C22H31N5O3S. The van der Waals surface area contributed by atoms with Gasteiger partial charge in [-0.3, -0.25) is 14.8 Å². The minimum absolute atomic E-state index is 0.234. The molecule has 168 valence electrons. The van der Waals surface area contributed by atoms with E-state index in [2.05, 4.69) is 43.9 Å². The number of aromatic nitrogens is 1. The van der Waals surface area contributed by atoms with Crippen molar-refractivity contribution >= 4 is 15.7 Å². The molecule has 3 heterocycles. The maximum atomic E-state index is 12.7. The van der Waals surface area contributed by atoms with Gasteiger partial charge in [-0.25, -0.2) is 8.42 Å². The first-order valence-corrected chi connectivity index (χ1v) is 12.3. The first kappa shape index (κ1) is 22.2. The van der Waals surface area contributed by atoms with E-state index in [0.717, 1.165) is 26.2 Å². The number of rotatable bonds is 7. The van der Waals surface area contributed by atoms with E-state index >= 15 is 0 Å². The van der Waals surface area contributed by atoms with Gasteiger partial charge >= 0.3 is 0 Å². The zero-order valence-electron chi connectivity index (χ0n) is 17.8. The van der Waals surface area contributed by atoms with Crippen molar-refractivity contribution in [3.63, 3.8) is 0 Å². The van der Waals surface area contributed by atoms with E-state index in [1.807, 2.05) is 6.07 Å². The normalized spacial score (nSPS) is 20.6. The fraction of sp³-hybridized carbons (Fsp3) is 0.500. The summed E-state index contributed by atoms with van der Waals surface area (Å²) in [4.78, 5) is 11.0. The lowest BCUT2D eigenvalue weighted by atomic mass is 10.2. The van der Waals surface area contributed by atoms with Gasteiger partial charge in [0.2, 0.25) is 10.0 Å². The van der Waals surface area contributed by atoms with Crippen molar-refractivity contribution in [3.8, 4) is 0 Å². The van der Waals surface area contributed by atoms with Crippen LogP contribution in [0.3, 0.4) is 0 Å². The van der Waals surface area contributed by atoms with Crippen LogP contribution in [0.15, 0.2) is 59.8 Å². The number of para-hydroxylation sites is 1. The maximum Gasteiger partial charge on any atom is 0.244 e. The fourth-order valence-electron chi connectivity index (χ4n) is 4.28. The van der Waals surface area contributed by atoms with Crippen LogP contribution in [0.25, 0.3) is 0 Å². The van der Waals surface area contributed by atoms with Crippen LogP contribution in [0, 0.1) is 0 Å². The maximum absolute atomic E-state index is 12.7. The van der Waals surface area contributed by atoms with E-state index in [9.17, 15) is 13.5 Å². The number of nitrogens with zero attached hydrogens (tertiary/aromatic N) is 5. The zero-order valence-corrected chi connectivity index (χ0v) is 18.6. The number of hydrogen-bond acceptors (Lipinski definition) is 7. The van der Waals surface area contributed by atoms with Gasteiger partial charge in [0.05, 0.1) is 6.10 Å². The molecule has 2 aliphatic heterocycles. The lowest BCUT2D eigenvalue weighted by molar-refractivity contribution is 0.0603. The summed E-state index contributed by atoms with van der Waals surface area (Å²) in [6, 6.07) is 13.6. The van der Waals surface area contributed by atoms with Crippen LogP contribution >= 0.6 is 0 Å². The van der Waals surface area contributed by atoms with E-state index in [1.165, 1.54) is 16.2 Å². The van der Waals surface area contributed by atoms with Crippen molar-refractivity contribution in [2.24, 2.45) is 0 Å². The summed E-state index contributed by atoms with van der Waals surface area (Å²) < 4.78 is 26.9. The molecule has 0 spiro atoms. The molecule has 0 radical (unpaired) electrons. The Hall–Kier alpha value is -2.04. The van der Waals surface area contributed by atoms with Gasteiger partial charge in [0, 0.05) is 83.5 Å². The summed E-state index contributed by atoms with van der Waals surface area (Å²) in [6.07, 6.45) is 2.52. The van der Waals surface area contributed by atoms with Gasteiger partial charge in [-0.05, 0) is 24.3 Å². The Labute approximate surface area is 184 Å². The van der Waals surface area contributed by atoms with Gasteiger partial charge in [0.25, 0.3) is 0 Å².